The van der Waals surface area contributed by atoms with E-state index in [4.69, 9.17) is 21.1 Å². The lowest BCUT2D eigenvalue weighted by atomic mass is 10.2. The number of nitrogens with one attached hydrogen (secondary N) is 2. The van der Waals surface area contributed by atoms with E-state index in [2.05, 4.69) is 26.8 Å². The Morgan fingerprint density at radius 1 is 0.903 bits per heavy atom. The summed E-state index contributed by atoms with van der Waals surface area (Å²) in [5.41, 5.74) is 6.19. The van der Waals surface area contributed by atoms with Gasteiger partial charge < -0.3 is 9.47 Å². The summed E-state index contributed by atoms with van der Waals surface area (Å²) < 4.78 is 11.9. The standard InChI is InChI=1S/C23H20BrClN2O4/c24-18-9-10-21(20(25)14-18)31-15-22(28)26-27-23(29)17-7-4-8-19(13-17)30-12-11-16-5-2-1-3-6-16/h1-10,13-14H,11-12,15H2,(H,26,28)(H,27,29). The lowest BCUT2D eigenvalue weighted by molar-refractivity contribution is -0.123. The molecule has 3 aromatic carbocycles. The van der Waals surface area contributed by atoms with Crippen molar-refractivity contribution in [2.75, 3.05) is 13.2 Å². The number of hydrogen-bond donors (Lipinski definition) is 2. The Kier molecular flexibility index (Phi) is 8.32. The van der Waals surface area contributed by atoms with Crippen LogP contribution in [0.2, 0.25) is 5.02 Å². The molecular weight excluding hydrogens is 484 g/mol. The second kappa shape index (κ2) is 11.4. The second-order valence-electron chi connectivity index (χ2n) is 6.48. The summed E-state index contributed by atoms with van der Waals surface area (Å²) in [5, 5.41) is 0.371. The van der Waals surface area contributed by atoms with E-state index < -0.39 is 11.8 Å². The van der Waals surface area contributed by atoms with E-state index in [0.717, 1.165) is 10.9 Å². The molecule has 6 nitrogen and oxygen atoms in total. The number of amides is 2. The zero-order valence-corrected chi connectivity index (χ0v) is 18.8. The first-order chi connectivity index (χ1) is 15.0. The largest absolute Gasteiger partial charge is 0.493 e. The highest BCUT2D eigenvalue weighted by Crippen LogP contribution is 2.27. The van der Waals surface area contributed by atoms with Gasteiger partial charge in [-0.15, -0.1) is 0 Å². The molecule has 0 radical (unpaired) electrons. The first-order valence-corrected chi connectivity index (χ1v) is 10.6. The fourth-order valence-electron chi connectivity index (χ4n) is 2.63. The third-order valence-corrected chi connectivity index (χ3v) is 4.96. The number of benzene rings is 3. The number of ether oxygens (including phenoxy) is 2. The Morgan fingerprint density at radius 2 is 1.71 bits per heavy atom. The van der Waals surface area contributed by atoms with Gasteiger partial charge in [0.1, 0.15) is 11.5 Å². The summed E-state index contributed by atoms with van der Waals surface area (Å²) in [4.78, 5) is 24.3. The van der Waals surface area contributed by atoms with E-state index in [9.17, 15) is 9.59 Å². The van der Waals surface area contributed by atoms with Gasteiger partial charge in [-0.2, -0.15) is 0 Å². The van der Waals surface area contributed by atoms with E-state index in [1.54, 1.807) is 42.5 Å². The lowest BCUT2D eigenvalue weighted by Crippen LogP contribution is -2.43. The topological polar surface area (TPSA) is 76.7 Å². The first-order valence-electron chi connectivity index (χ1n) is 9.45. The molecule has 2 amide bonds. The molecule has 2 N–H and O–H groups in total. The molecule has 0 spiro atoms. The van der Waals surface area contributed by atoms with Crippen LogP contribution in [-0.4, -0.2) is 25.0 Å². The number of halogens is 2. The van der Waals surface area contributed by atoms with Crippen molar-refractivity contribution < 1.29 is 19.1 Å². The van der Waals surface area contributed by atoms with Crippen LogP contribution in [-0.2, 0) is 11.2 Å². The molecule has 0 aromatic heterocycles. The normalized spacial score (nSPS) is 10.3. The maximum atomic E-state index is 12.3. The van der Waals surface area contributed by atoms with E-state index in [1.807, 2.05) is 30.3 Å². The minimum absolute atomic E-state index is 0.301. The molecule has 0 aliphatic heterocycles. The summed E-state index contributed by atoms with van der Waals surface area (Å²) in [6.45, 7) is 0.187. The van der Waals surface area contributed by atoms with E-state index in [0.29, 0.717) is 28.7 Å². The zero-order valence-electron chi connectivity index (χ0n) is 16.4. The van der Waals surface area contributed by atoms with Gasteiger partial charge in [0, 0.05) is 16.5 Å². The predicted octanol–water partition coefficient (Wildman–Crippen LogP) is 4.56. The van der Waals surface area contributed by atoms with Gasteiger partial charge >= 0.3 is 0 Å². The third-order valence-electron chi connectivity index (χ3n) is 4.17. The molecule has 0 aliphatic carbocycles. The number of carbonyl (C=O) groups is 2. The molecule has 0 saturated carbocycles. The van der Waals surface area contributed by atoms with Crippen LogP contribution in [0.3, 0.4) is 0 Å². The van der Waals surface area contributed by atoms with Crippen molar-refractivity contribution in [1.82, 2.24) is 10.9 Å². The highest BCUT2D eigenvalue weighted by atomic mass is 79.9. The molecule has 3 aromatic rings. The molecule has 0 heterocycles. The summed E-state index contributed by atoms with van der Waals surface area (Å²) >= 11 is 9.33. The Morgan fingerprint density at radius 3 is 2.48 bits per heavy atom. The van der Waals surface area contributed by atoms with Gasteiger partial charge in [-0.05, 0) is 42.0 Å². The first kappa shape index (κ1) is 22.7. The summed E-state index contributed by atoms with van der Waals surface area (Å²) in [5.74, 6) is -0.0547. The van der Waals surface area contributed by atoms with E-state index >= 15 is 0 Å². The molecule has 0 fully saturated rings. The molecule has 0 aliphatic rings. The average molecular weight is 504 g/mol. The van der Waals surface area contributed by atoms with Crippen molar-refractivity contribution >= 4 is 39.3 Å². The maximum Gasteiger partial charge on any atom is 0.276 e. The van der Waals surface area contributed by atoms with Gasteiger partial charge in [-0.25, -0.2) is 0 Å². The van der Waals surface area contributed by atoms with Gasteiger partial charge in [0.05, 0.1) is 11.6 Å². The fraction of sp³-hybridized carbons (Fsp3) is 0.130. The Labute approximate surface area is 193 Å². The molecule has 0 saturated heterocycles. The molecular formula is C23H20BrClN2O4. The van der Waals surface area contributed by atoms with Crippen molar-refractivity contribution in [3.8, 4) is 11.5 Å². The van der Waals surface area contributed by atoms with E-state index in [-0.39, 0.29) is 6.61 Å². The number of hydrogen-bond acceptors (Lipinski definition) is 4. The Hall–Kier alpha value is -3.03. The van der Waals surface area contributed by atoms with Crippen molar-refractivity contribution in [2.45, 2.75) is 6.42 Å². The van der Waals surface area contributed by atoms with Gasteiger partial charge in [0.15, 0.2) is 6.61 Å². The summed E-state index contributed by atoms with van der Waals surface area (Å²) in [6, 6.07) is 21.8. The molecule has 31 heavy (non-hydrogen) atoms. The van der Waals surface area contributed by atoms with Crippen LogP contribution in [0.25, 0.3) is 0 Å². The second-order valence-corrected chi connectivity index (χ2v) is 7.80. The van der Waals surface area contributed by atoms with Crippen molar-refractivity contribution in [2.24, 2.45) is 0 Å². The molecule has 3 rings (SSSR count). The van der Waals surface area contributed by atoms with Crippen LogP contribution < -0.4 is 20.3 Å². The highest BCUT2D eigenvalue weighted by molar-refractivity contribution is 9.10. The van der Waals surface area contributed by atoms with Crippen molar-refractivity contribution in [3.63, 3.8) is 0 Å². The van der Waals surface area contributed by atoms with Gasteiger partial charge in [0.2, 0.25) is 0 Å². The predicted molar refractivity (Wildman–Crippen MR) is 122 cm³/mol. The average Bonchev–Trinajstić information content (AvgIpc) is 2.78. The van der Waals surface area contributed by atoms with Crippen LogP contribution in [0.4, 0.5) is 0 Å². The SMILES string of the molecule is O=C(COc1ccc(Br)cc1Cl)NNC(=O)c1cccc(OCCc2ccccc2)c1. The van der Waals surface area contributed by atoms with E-state index in [1.165, 1.54) is 5.56 Å². The minimum atomic E-state index is -0.525. The van der Waals surface area contributed by atoms with Gasteiger partial charge in [0.25, 0.3) is 11.8 Å². The van der Waals surface area contributed by atoms with Crippen LogP contribution >= 0.6 is 27.5 Å². The van der Waals surface area contributed by atoms with Crippen LogP contribution in [0, 0.1) is 0 Å². The number of carbonyl (C=O) groups excluding carboxylic acids is 2. The van der Waals surface area contributed by atoms with Crippen molar-refractivity contribution in [3.05, 3.63) is 93.4 Å². The quantitative estimate of drug-likeness (QED) is 0.442. The van der Waals surface area contributed by atoms with Crippen LogP contribution in [0.15, 0.2) is 77.3 Å². The highest BCUT2D eigenvalue weighted by Gasteiger charge is 2.10. The monoisotopic (exact) mass is 502 g/mol. The van der Waals surface area contributed by atoms with Gasteiger partial charge in [-0.1, -0.05) is 63.9 Å². The molecule has 8 heteroatoms. The van der Waals surface area contributed by atoms with Crippen LogP contribution in [0.5, 0.6) is 11.5 Å². The third kappa shape index (κ3) is 7.31. The van der Waals surface area contributed by atoms with Crippen molar-refractivity contribution in [1.29, 1.82) is 0 Å². The molecule has 0 bridgehead atoms. The summed E-state index contributed by atoms with van der Waals surface area (Å²) in [6.07, 6.45) is 0.760. The molecule has 0 atom stereocenters. The summed E-state index contributed by atoms with van der Waals surface area (Å²) in [7, 11) is 0. The lowest BCUT2D eigenvalue weighted by Gasteiger charge is -2.11. The number of hydrazine groups is 1. The molecule has 0 unspecified atom stereocenters. The van der Waals surface area contributed by atoms with Crippen LogP contribution in [0.1, 0.15) is 15.9 Å². The minimum Gasteiger partial charge on any atom is -0.493 e. The zero-order chi connectivity index (χ0) is 22.1. The Bertz CT molecular complexity index is 1050. The number of rotatable bonds is 8. The fourth-order valence-corrected chi connectivity index (χ4v) is 3.36. The maximum absolute atomic E-state index is 12.3. The smallest absolute Gasteiger partial charge is 0.276 e. The Balaban J connectivity index is 1.44. The molecule has 160 valence electrons. The van der Waals surface area contributed by atoms with Gasteiger partial charge in [-0.3, -0.25) is 20.4 Å².